The molecule has 104 valence electrons. The number of rotatable bonds is 7. The first-order chi connectivity index (χ1) is 8.54. The molecule has 7 heteroatoms. The monoisotopic (exact) mass is 258 g/mol. The average Bonchev–Trinajstić information content (AvgIpc) is 2.35. The van der Waals surface area contributed by atoms with Gasteiger partial charge in [-0.25, -0.2) is 4.79 Å². The Labute approximate surface area is 107 Å². The Balaban J connectivity index is 4.35. The molecule has 0 saturated heterocycles. The Kier molecular flexibility index (Phi) is 8.34. The second kappa shape index (κ2) is 9.26. The molecule has 3 N–H and O–H groups in total. The largest absolute Gasteiger partial charge is 0.453 e. The van der Waals surface area contributed by atoms with Crippen molar-refractivity contribution in [1.29, 1.82) is 0 Å². The summed E-state index contributed by atoms with van der Waals surface area (Å²) in [5.41, 5.74) is 5.68. The van der Waals surface area contributed by atoms with Crippen LogP contribution in [0.15, 0.2) is 4.99 Å². The molecule has 0 bridgehead atoms. The van der Waals surface area contributed by atoms with Crippen molar-refractivity contribution in [2.24, 2.45) is 10.7 Å². The van der Waals surface area contributed by atoms with Crippen LogP contribution in [0, 0.1) is 0 Å². The van der Waals surface area contributed by atoms with Gasteiger partial charge in [-0.1, -0.05) is 6.92 Å². The minimum absolute atomic E-state index is 0.105. The summed E-state index contributed by atoms with van der Waals surface area (Å²) in [4.78, 5) is 28.3. The quantitative estimate of drug-likeness (QED) is 0.494. The number of amidine groups is 1. The molecule has 0 fully saturated rings. The molecular weight excluding hydrogens is 236 g/mol. The summed E-state index contributed by atoms with van der Waals surface area (Å²) >= 11 is 0. The topological polar surface area (TPSA) is 97.0 Å². The summed E-state index contributed by atoms with van der Waals surface area (Å²) in [6, 6.07) is 0. The van der Waals surface area contributed by atoms with Gasteiger partial charge in [-0.2, -0.15) is 0 Å². The maximum absolute atomic E-state index is 11.8. The highest BCUT2D eigenvalue weighted by Crippen LogP contribution is 1.93. The van der Waals surface area contributed by atoms with Crippen LogP contribution >= 0.6 is 0 Å². The highest BCUT2D eigenvalue weighted by molar-refractivity contribution is 5.89. The lowest BCUT2D eigenvalue weighted by Gasteiger charge is -2.21. The molecular formula is C11H22N4O3. The molecule has 0 heterocycles. The van der Waals surface area contributed by atoms with E-state index in [0.717, 1.165) is 6.42 Å². The molecule has 0 unspecified atom stereocenters. The van der Waals surface area contributed by atoms with E-state index in [-0.39, 0.29) is 19.0 Å². The van der Waals surface area contributed by atoms with Crippen LogP contribution in [0.2, 0.25) is 0 Å². The predicted molar refractivity (Wildman–Crippen MR) is 69.4 cm³/mol. The van der Waals surface area contributed by atoms with Crippen LogP contribution in [0.3, 0.4) is 0 Å². The summed E-state index contributed by atoms with van der Waals surface area (Å²) in [6.45, 7) is 5.16. The van der Waals surface area contributed by atoms with Crippen LogP contribution in [0.4, 0.5) is 4.79 Å². The lowest BCUT2D eigenvalue weighted by Crippen LogP contribution is -2.44. The van der Waals surface area contributed by atoms with Gasteiger partial charge in [-0.15, -0.1) is 0 Å². The van der Waals surface area contributed by atoms with E-state index >= 15 is 0 Å². The summed E-state index contributed by atoms with van der Waals surface area (Å²) < 4.78 is 4.39. The molecule has 2 amide bonds. The molecule has 0 aromatic heterocycles. The third-order valence-corrected chi connectivity index (χ3v) is 2.13. The SMILES string of the molecule is CCCN(CC(N)=NCC)C(=O)CNC(=O)OC. The van der Waals surface area contributed by atoms with Crippen LogP contribution in [-0.4, -0.2) is 56.0 Å². The van der Waals surface area contributed by atoms with E-state index in [9.17, 15) is 9.59 Å². The summed E-state index contributed by atoms with van der Waals surface area (Å²) in [6.07, 6.45) is 0.179. The van der Waals surface area contributed by atoms with Crippen LogP contribution in [0.25, 0.3) is 0 Å². The Morgan fingerprint density at radius 2 is 2.06 bits per heavy atom. The summed E-state index contributed by atoms with van der Waals surface area (Å²) in [5, 5.41) is 2.34. The van der Waals surface area contributed by atoms with Crippen molar-refractivity contribution in [1.82, 2.24) is 10.2 Å². The molecule has 0 saturated carbocycles. The predicted octanol–water partition coefficient (Wildman–Crippen LogP) is -0.0419. The van der Waals surface area contributed by atoms with Gasteiger partial charge in [0, 0.05) is 13.1 Å². The maximum atomic E-state index is 11.8. The molecule has 0 aliphatic carbocycles. The highest BCUT2D eigenvalue weighted by Gasteiger charge is 2.14. The van der Waals surface area contributed by atoms with E-state index < -0.39 is 6.09 Å². The third kappa shape index (κ3) is 6.72. The molecule has 18 heavy (non-hydrogen) atoms. The Morgan fingerprint density at radius 1 is 1.39 bits per heavy atom. The fourth-order valence-corrected chi connectivity index (χ4v) is 1.34. The first-order valence-corrected chi connectivity index (χ1v) is 5.93. The van der Waals surface area contributed by atoms with Crippen LogP contribution in [0.1, 0.15) is 20.3 Å². The number of alkyl carbamates (subject to hydrolysis) is 1. The van der Waals surface area contributed by atoms with Gasteiger partial charge in [-0.05, 0) is 13.3 Å². The molecule has 7 nitrogen and oxygen atoms in total. The minimum atomic E-state index is -0.630. The van der Waals surface area contributed by atoms with E-state index in [2.05, 4.69) is 15.0 Å². The normalized spacial score (nSPS) is 10.9. The fourth-order valence-electron chi connectivity index (χ4n) is 1.34. The number of hydrogen-bond donors (Lipinski definition) is 2. The first kappa shape index (κ1) is 16.2. The van der Waals surface area contributed by atoms with Crippen LogP contribution < -0.4 is 11.1 Å². The second-order valence-electron chi connectivity index (χ2n) is 3.63. The van der Waals surface area contributed by atoms with E-state index in [0.29, 0.717) is 18.9 Å². The van der Waals surface area contributed by atoms with Crippen LogP contribution in [0.5, 0.6) is 0 Å². The molecule has 0 aromatic rings. The molecule has 0 rings (SSSR count). The summed E-state index contributed by atoms with van der Waals surface area (Å²) in [5.74, 6) is 0.203. The zero-order valence-corrected chi connectivity index (χ0v) is 11.2. The lowest BCUT2D eigenvalue weighted by atomic mass is 10.3. The first-order valence-electron chi connectivity index (χ1n) is 5.93. The number of methoxy groups -OCH3 is 1. The van der Waals surface area contributed by atoms with Crippen molar-refractivity contribution in [3.63, 3.8) is 0 Å². The van der Waals surface area contributed by atoms with E-state index in [4.69, 9.17) is 5.73 Å². The smallest absolute Gasteiger partial charge is 0.407 e. The van der Waals surface area contributed by atoms with Gasteiger partial charge in [0.1, 0.15) is 12.4 Å². The second-order valence-corrected chi connectivity index (χ2v) is 3.63. The number of aliphatic imine (C=N–C) groups is 1. The molecule has 0 aromatic carbocycles. The maximum Gasteiger partial charge on any atom is 0.407 e. The zero-order valence-electron chi connectivity index (χ0n) is 11.2. The molecule has 0 atom stereocenters. The fraction of sp³-hybridized carbons (Fsp3) is 0.727. The minimum Gasteiger partial charge on any atom is -0.453 e. The van der Waals surface area contributed by atoms with Crippen molar-refractivity contribution >= 4 is 17.8 Å². The standard InChI is InChI=1S/C11H22N4O3/c1-4-6-15(8-9(12)13-5-2)10(16)7-14-11(17)18-3/h4-8H2,1-3H3,(H2,12,13)(H,14,17). The Morgan fingerprint density at radius 3 is 2.56 bits per heavy atom. The molecule has 0 spiro atoms. The number of carbonyl (C=O) groups is 2. The Hall–Kier alpha value is -1.79. The van der Waals surface area contributed by atoms with Crippen molar-refractivity contribution in [2.45, 2.75) is 20.3 Å². The van der Waals surface area contributed by atoms with Gasteiger partial charge >= 0.3 is 6.09 Å². The Bertz CT molecular complexity index is 305. The number of carbonyl (C=O) groups excluding carboxylic acids is 2. The van der Waals surface area contributed by atoms with Crippen molar-refractivity contribution in [3.05, 3.63) is 0 Å². The van der Waals surface area contributed by atoms with Gasteiger partial charge in [-0.3, -0.25) is 9.79 Å². The van der Waals surface area contributed by atoms with Crippen molar-refractivity contribution < 1.29 is 14.3 Å². The molecule has 0 aliphatic heterocycles. The van der Waals surface area contributed by atoms with Gasteiger partial charge in [0.2, 0.25) is 5.91 Å². The van der Waals surface area contributed by atoms with Gasteiger partial charge < -0.3 is 20.7 Å². The van der Waals surface area contributed by atoms with E-state index in [1.807, 2.05) is 13.8 Å². The number of hydrogen-bond acceptors (Lipinski definition) is 4. The van der Waals surface area contributed by atoms with Gasteiger partial charge in [0.15, 0.2) is 0 Å². The number of nitrogens with one attached hydrogen (secondary N) is 1. The number of nitrogens with two attached hydrogens (primary N) is 1. The zero-order chi connectivity index (χ0) is 14.0. The van der Waals surface area contributed by atoms with Gasteiger partial charge in [0.05, 0.1) is 13.7 Å². The molecule has 0 aliphatic rings. The number of amides is 2. The number of nitrogens with zero attached hydrogens (tertiary/aromatic N) is 2. The van der Waals surface area contributed by atoms with E-state index in [1.165, 1.54) is 7.11 Å². The summed E-state index contributed by atoms with van der Waals surface area (Å²) in [7, 11) is 1.25. The van der Waals surface area contributed by atoms with Crippen molar-refractivity contribution in [2.75, 3.05) is 33.3 Å². The molecule has 0 radical (unpaired) electrons. The van der Waals surface area contributed by atoms with Gasteiger partial charge in [0.25, 0.3) is 0 Å². The highest BCUT2D eigenvalue weighted by atomic mass is 16.5. The third-order valence-electron chi connectivity index (χ3n) is 2.13. The number of ether oxygens (including phenoxy) is 1. The lowest BCUT2D eigenvalue weighted by molar-refractivity contribution is -0.129. The van der Waals surface area contributed by atoms with E-state index in [1.54, 1.807) is 4.90 Å². The average molecular weight is 258 g/mol. The van der Waals surface area contributed by atoms with Crippen molar-refractivity contribution in [3.8, 4) is 0 Å². The van der Waals surface area contributed by atoms with Crippen LogP contribution in [-0.2, 0) is 9.53 Å².